The molecule has 3 aliphatic heterocycles. The molecule has 0 aromatic heterocycles. The van der Waals surface area contributed by atoms with Gasteiger partial charge in [0.15, 0.2) is 18.9 Å². The first-order valence-corrected chi connectivity index (χ1v) is 10.6. The quantitative estimate of drug-likeness (QED) is 0.154. The number of hydrogen-bond acceptors (Lipinski definition) is 16. The van der Waals surface area contributed by atoms with Crippen LogP contribution in [0, 0.1) is 0 Å². The Morgan fingerprint density at radius 1 is 0.500 bits per heavy atom. The summed E-state index contributed by atoms with van der Waals surface area (Å²) in [6, 6.07) is 0. The molecule has 0 aromatic rings. The Bertz CT molecular complexity index is 637. The highest BCUT2D eigenvalue weighted by Gasteiger charge is 2.51. The molecule has 3 rings (SSSR count). The third-order valence-electron chi connectivity index (χ3n) is 6.07. The molecule has 3 aliphatic rings. The lowest BCUT2D eigenvalue weighted by atomic mass is 9.97. The van der Waals surface area contributed by atoms with Crippen LogP contribution >= 0.6 is 0 Å². The van der Waals surface area contributed by atoms with Gasteiger partial charge in [-0.2, -0.15) is 0 Å². The molecule has 11 N–H and O–H groups in total. The zero-order valence-corrected chi connectivity index (χ0v) is 17.7. The van der Waals surface area contributed by atoms with Gasteiger partial charge in [-0.1, -0.05) is 0 Å². The van der Waals surface area contributed by atoms with Gasteiger partial charge in [-0.05, 0) is 0 Å². The van der Waals surface area contributed by atoms with Crippen molar-refractivity contribution in [3.8, 4) is 0 Å². The minimum absolute atomic E-state index is 0.609. The minimum atomic E-state index is -1.93. The molecule has 3 heterocycles. The summed E-state index contributed by atoms with van der Waals surface area (Å²) in [6.07, 6.45) is -24.9. The molecule has 0 spiro atoms. The average molecular weight is 504 g/mol. The van der Waals surface area contributed by atoms with Crippen molar-refractivity contribution in [3.63, 3.8) is 0 Å². The number of aliphatic hydroxyl groups is 11. The Balaban J connectivity index is 1.65. The largest absolute Gasteiger partial charge is 0.394 e. The van der Waals surface area contributed by atoms with E-state index >= 15 is 0 Å². The van der Waals surface area contributed by atoms with Gasteiger partial charge >= 0.3 is 0 Å². The molecule has 15 atom stereocenters. The van der Waals surface area contributed by atoms with E-state index in [9.17, 15) is 56.2 Å². The highest BCUT2D eigenvalue weighted by atomic mass is 16.7. The van der Waals surface area contributed by atoms with Crippen LogP contribution in [0.25, 0.3) is 0 Å². The molecule has 0 aliphatic carbocycles. The fourth-order valence-corrected chi connectivity index (χ4v) is 3.94. The fourth-order valence-electron chi connectivity index (χ4n) is 3.94. The Morgan fingerprint density at radius 2 is 1.00 bits per heavy atom. The van der Waals surface area contributed by atoms with Crippen molar-refractivity contribution in [1.29, 1.82) is 0 Å². The van der Waals surface area contributed by atoms with Crippen molar-refractivity contribution in [2.75, 3.05) is 19.8 Å². The lowest BCUT2D eigenvalue weighted by Crippen LogP contribution is -2.65. The molecule has 0 amide bonds. The summed E-state index contributed by atoms with van der Waals surface area (Å²) in [5, 5.41) is 109. The first-order valence-electron chi connectivity index (χ1n) is 10.6. The Kier molecular flexibility index (Phi) is 9.54. The summed E-state index contributed by atoms with van der Waals surface area (Å²) in [6.45, 7) is -2.06. The maximum Gasteiger partial charge on any atom is 0.187 e. The molecule has 3 saturated heterocycles. The van der Waals surface area contributed by atoms with E-state index in [1.807, 2.05) is 0 Å². The lowest BCUT2D eigenvalue weighted by molar-refractivity contribution is -0.361. The maximum atomic E-state index is 10.6. The van der Waals surface area contributed by atoms with Crippen LogP contribution in [-0.4, -0.2) is 168 Å². The summed E-state index contributed by atoms with van der Waals surface area (Å²) >= 11 is 0. The topological polar surface area (TPSA) is 269 Å². The predicted molar refractivity (Wildman–Crippen MR) is 101 cm³/mol. The summed E-state index contributed by atoms with van der Waals surface area (Å²) in [7, 11) is 0. The van der Waals surface area contributed by atoms with Crippen molar-refractivity contribution < 1.29 is 79.9 Å². The molecule has 0 bridgehead atoms. The van der Waals surface area contributed by atoms with Crippen molar-refractivity contribution in [2.24, 2.45) is 0 Å². The number of rotatable bonds is 7. The highest BCUT2D eigenvalue weighted by molar-refractivity contribution is 4.94. The van der Waals surface area contributed by atoms with Crippen molar-refractivity contribution >= 4 is 0 Å². The van der Waals surface area contributed by atoms with Crippen LogP contribution in [0.3, 0.4) is 0 Å². The summed E-state index contributed by atoms with van der Waals surface area (Å²) in [5.41, 5.74) is 0. The van der Waals surface area contributed by atoms with E-state index in [1.165, 1.54) is 0 Å². The molecule has 200 valence electrons. The smallest absolute Gasteiger partial charge is 0.187 e. The highest BCUT2D eigenvalue weighted by Crippen LogP contribution is 2.29. The zero-order chi connectivity index (χ0) is 25.3. The van der Waals surface area contributed by atoms with Crippen molar-refractivity contribution in [2.45, 2.75) is 92.1 Å². The average Bonchev–Trinajstić information content (AvgIpc) is 2.82. The lowest BCUT2D eigenvalue weighted by Gasteiger charge is -2.45. The van der Waals surface area contributed by atoms with Gasteiger partial charge < -0.3 is 79.9 Å². The van der Waals surface area contributed by atoms with Crippen molar-refractivity contribution in [3.05, 3.63) is 0 Å². The first kappa shape index (κ1) is 27.9. The van der Waals surface area contributed by atoms with Gasteiger partial charge in [-0.3, -0.25) is 0 Å². The van der Waals surface area contributed by atoms with Crippen molar-refractivity contribution in [1.82, 2.24) is 0 Å². The number of hydrogen-bond donors (Lipinski definition) is 11. The minimum Gasteiger partial charge on any atom is -0.394 e. The van der Waals surface area contributed by atoms with Crippen LogP contribution in [0.2, 0.25) is 0 Å². The monoisotopic (exact) mass is 504 g/mol. The van der Waals surface area contributed by atoms with E-state index in [1.54, 1.807) is 0 Å². The fraction of sp³-hybridized carbons (Fsp3) is 1.00. The van der Waals surface area contributed by atoms with Gasteiger partial charge in [0.2, 0.25) is 0 Å². The third-order valence-corrected chi connectivity index (χ3v) is 6.07. The maximum absolute atomic E-state index is 10.6. The molecular weight excluding hydrogens is 472 g/mol. The summed E-state index contributed by atoms with van der Waals surface area (Å²) in [5.74, 6) is 0. The van der Waals surface area contributed by atoms with Gasteiger partial charge in [0.25, 0.3) is 0 Å². The van der Waals surface area contributed by atoms with Gasteiger partial charge in [0.1, 0.15) is 73.2 Å². The van der Waals surface area contributed by atoms with E-state index in [-0.39, 0.29) is 0 Å². The number of ether oxygens (including phenoxy) is 5. The van der Waals surface area contributed by atoms with Gasteiger partial charge in [-0.15, -0.1) is 0 Å². The molecule has 0 radical (unpaired) electrons. The second-order valence-corrected chi connectivity index (χ2v) is 8.37. The summed E-state index contributed by atoms with van der Waals surface area (Å²) in [4.78, 5) is 0. The standard InChI is InChI=1S/C18H32O16/c19-1-4-7(21)10(24)12(26)17(32-4)30-3-6-9(23)15(14(28)16(29)31-6)34-18-13(27)11(25)8(22)5(2-20)33-18/h4-29H,1-3H2/t4-,5+,6-,7+,8+,9+,10+,11+,12-,13-,14-,15+,16-,17-,18-/m0/s1. The van der Waals surface area contributed by atoms with Crippen LogP contribution in [0.1, 0.15) is 0 Å². The summed E-state index contributed by atoms with van der Waals surface area (Å²) < 4.78 is 26.1. The third kappa shape index (κ3) is 5.52. The van der Waals surface area contributed by atoms with Crippen LogP contribution in [0.4, 0.5) is 0 Å². The zero-order valence-electron chi connectivity index (χ0n) is 17.7. The molecule has 3 fully saturated rings. The molecule has 16 nitrogen and oxygen atoms in total. The Morgan fingerprint density at radius 3 is 1.53 bits per heavy atom. The second-order valence-electron chi connectivity index (χ2n) is 8.37. The molecule has 0 aromatic carbocycles. The van der Waals surface area contributed by atoms with E-state index in [0.717, 1.165) is 0 Å². The van der Waals surface area contributed by atoms with E-state index in [2.05, 4.69) is 0 Å². The van der Waals surface area contributed by atoms with Gasteiger partial charge in [-0.25, -0.2) is 0 Å². The Hall–Kier alpha value is -0.640. The molecule has 34 heavy (non-hydrogen) atoms. The van der Waals surface area contributed by atoms with Gasteiger partial charge in [0.05, 0.1) is 19.8 Å². The van der Waals surface area contributed by atoms with Crippen LogP contribution in [-0.2, 0) is 23.7 Å². The van der Waals surface area contributed by atoms with Crippen LogP contribution in [0.15, 0.2) is 0 Å². The predicted octanol–water partition coefficient (Wildman–Crippen LogP) is -7.57. The first-order chi connectivity index (χ1) is 16.0. The van der Waals surface area contributed by atoms with E-state index in [4.69, 9.17) is 23.7 Å². The van der Waals surface area contributed by atoms with E-state index in [0.29, 0.717) is 0 Å². The molecule has 0 unspecified atom stereocenters. The normalized spacial score (nSPS) is 52.5. The van der Waals surface area contributed by atoms with Gasteiger partial charge in [0, 0.05) is 0 Å². The second kappa shape index (κ2) is 11.6. The molecular formula is C18H32O16. The molecule has 16 heteroatoms. The number of aliphatic hydroxyl groups excluding tert-OH is 11. The SMILES string of the molecule is OC[C@@H]1O[C@H](OC[C@@H]2O[C@H](O)[C@@H](O)[C@H](O[C@@H]3O[C@H](CO)[C@@H](O)[C@@H](O)[C@@H]3O)[C@@H]2O)[C@@H](O)[C@H](O)[C@@H]1O. The van der Waals surface area contributed by atoms with Crippen LogP contribution in [0.5, 0.6) is 0 Å². The van der Waals surface area contributed by atoms with Crippen LogP contribution < -0.4 is 0 Å². The molecule has 0 saturated carbocycles. The Labute approximate surface area is 192 Å². The van der Waals surface area contributed by atoms with E-state index < -0.39 is 112 Å².